The van der Waals surface area contributed by atoms with Crippen LogP contribution in [0.4, 0.5) is 0 Å². The second-order valence-electron chi connectivity index (χ2n) is 5.48. The lowest BCUT2D eigenvalue weighted by Gasteiger charge is -2.14. The summed E-state index contributed by atoms with van der Waals surface area (Å²) in [6.07, 6.45) is 9.36. The maximum Gasteiger partial charge on any atom is 0.348 e. The first-order chi connectivity index (χ1) is 11.2. The Morgan fingerprint density at radius 3 is 2.65 bits per heavy atom. The highest BCUT2D eigenvalue weighted by atomic mass is 16.5. The lowest BCUT2D eigenvalue weighted by atomic mass is 10.0. The molecule has 0 saturated heterocycles. The van der Waals surface area contributed by atoms with Gasteiger partial charge in [0.05, 0.1) is 6.61 Å². The fourth-order valence-corrected chi connectivity index (χ4v) is 2.14. The minimum absolute atomic E-state index is 0.0301. The summed E-state index contributed by atoms with van der Waals surface area (Å²) < 4.78 is 5.28. The van der Waals surface area contributed by atoms with E-state index in [1.165, 1.54) is 6.08 Å². The summed E-state index contributed by atoms with van der Waals surface area (Å²) in [4.78, 5) is 12.0. The van der Waals surface area contributed by atoms with Crippen LogP contribution in [0.3, 0.4) is 0 Å². The molecule has 23 heavy (non-hydrogen) atoms. The molecule has 1 aromatic carbocycles. The number of carbonyl (C=O) groups excluding carboxylic acids is 1. The van der Waals surface area contributed by atoms with E-state index in [0.717, 1.165) is 31.2 Å². The maximum absolute atomic E-state index is 12.0. The largest absolute Gasteiger partial charge is 0.461 e. The third-order valence-corrected chi connectivity index (χ3v) is 3.68. The Labute approximate surface area is 139 Å². The summed E-state index contributed by atoms with van der Waals surface area (Å²) in [5.41, 5.74) is 1.04. The monoisotopic (exact) mass is 311 g/mol. The van der Waals surface area contributed by atoms with E-state index in [1.54, 1.807) is 6.08 Å². The van der Waals surface area contributed by atoms with E-state index in [4.69, 9.17) is 10.00 Å². The lowest BCUT2D eigenvalue weighted by Crippen LogP contribution is -2.14. The minimum Gasteiger partial charge on any atom is -0.461 e. The molecule has 3 nitrogen and oxygen atoms in total. The van der Waals surface area contributed by atoms with Crippen LogP contribution in [0.25, 0.3) is 6.08 Å². The van der Waals surface area contributed by atoms with E-state index in [9.17, 15) is 4.79 Å². The lowest BCUT2D eigenvalue weighted by molar-refractivity contribution is -0.140. The van der Waals surface area contributed by atoms with Gasteiger partial charge in [-0.1, -0.05) is 75.6 Å². The molecule has 122 valence electrons. The number of carbonyl (C=O) groups is 1. The van der Waals surface area contributed by atoms with Crippen molar-refractivity contribution in [2.24, 2.45) is 5.92 Å². The molecule has 0 radical (unpaired) electrons. The molecule has 1 unspecified atom stereocenters. The molecule has 0 spiro atoms. The van der Waals surface area contributed by atoms with Gasteiger partial charge >= 0.3 is 5.97 Å². The molecule has 0 aliphatic carbocycles. The molecule has 0 heterocycles. The number of nitrogens with zero attached hydrogens (tertiary/aromatic N) is 1. The van der Waals surface area contributed by atoms with E-state index in [2.05, 4.69) is 13.8 Å². The van der Waals surface area contributed by atoms with Crippen molar-refractivity contribution in [2.45, 2.75) is 39.5 Å². The van der Waals surface area contributed by atoms with E-state index >= 15 is 0 Å². The predicted molar refractivity (Wildman–Crippen MR) is 93.4 cm³/mol. The molecule has 0 aromatic heterocycles. The van der Waals surface area contributed by atoms with Crippen molar-refractivity contribution in [3.8, 4) is 6.07 Å². The maximum atomic E-state index is 12.0. The van der Waals surface area contributed by atoms with E-state index in [1.807, 2.05) is 42.5 Å². The fourth-order valence-electron chi connectivity index (χ4n) is 2.14. The van der Waals surface area contributed by atoms with Gasteiger partial charge in [-0.05, 0) is 24.0 Å². The number of hydrogen-bond donors (Lipinski definition) is 0. The zero-order valence-electron chi connectivity index (χ0n) is 14.0. The molecule has 0 aliphatic rings. The number of rotatable bonds is 9. The van der Waals surface area contributed by atoms with Gasteiger partial charge in [0.15, 0.2) is 0 Å². The summed E-state index contributed by atoms with van der Waals surface area (Å²) in [6.45, 7) is 4.63. The second-order valence-corrected chi connectivity index (χ2v) is 5.48. The number of hydrogen-bond acceptors (Lipinski definition) is 3. The SMILES string of the molecule is CCCCC(CC)COC(=O)/C(C#N)=C\C=C\c1ccccc1. The highest BCUT2D eigenvalue weighted by Crippen LogP contribution is 2.13. The molecule has 0 N–H and O–H groups in total. The molecule has 1 aromatic rings. The number of esters is 1. The van der Waals surface area contributed by atoms with Crippen LogP contribution in [0.5, 0.6) is 0 Å². The topological polar surface area (TPSA) is 50.1 Å². The van der Waals surface area contributed by atoms with Crippen LogP contribution in [0.15, 0.2) is 48.1 Å². The van der Waals surface area contributed by atoms with Gasteiger partial charge in [-0.15, -0.1) is 0 Å². The predicted octanol–water partition coefficient (Wildman–Crippen LogP) is 4.91. The van der Waals surface area contributed by atoms with Gasteiger partial charge in [0.2, 0.25) is 0 Å². The highest BCUT2D eigenvalue weighted by molar-refractivity contribution is 5.93. The molecule has 3 heteroatoms. The van der Waals surface area contributed by atoms with Gasteiger partial charge in [0.25, 0.3) is 0 Å². The van der Waals surface area contributed by atoms with Crippen LogP contribution in [0.2, 0.25) is 0 Å². The van der Waals surface area contributed by atoms with Crippen LogP contribution < -0.4 is 0 Å². The van der Waals surface area contributed by atoms with Crippen molar-refractivity contribution < 1.29 is 9.53 Å². The van der Waals surface area contributed by atoms with Gasteiger partial charge < -0.3 is 4.74 Å². The quantitative estimate of drug-likeness (QED) is 0.282. The molecular weight excluding hydrogens is 286 g/mol. The summed E-state index contributed by atoms with van der Waals surface area (Å²) in [7, 11) is 0. The van der Waals surface area contributed by atoms with Crippen molar-refractivity contribution in [1.29, 1.82) is 5.26 Å². The van der Waals surface area contributed by atoms with Gasteiger partial charge in [0, 0.05) is 0 Å². The molecule has 0 bridgehead atoms. The first-order valence-corrected chi connectivity index (χ1v) is 8.21. The first-order valence-electron chi connectivity index (χ1n) is 8.21. The summed E-state index contributed by atoms with van der Waals surface area (Å²) in [5.74, 6) is -0.168. The number of unbranched alkanes of at least 4 members (excludes halogenated alkanes) is 1. The Balaban J connectivity index is 2.56. The van der Waals surface area contributed by atoms with Gasteiger partial charge in [-0.25, -0.2) is 4.79 Å². The Kier molecular flexibility index (Phi) is 9.16. The summed E-state index contributed by atoms with van der Waals surface area (Å²) in [6, 6.07) is 11.6. The third kappa shape index (κ3) is 7.46. The number of allylic oxidation sites excluding steroid dienone is 2. The van der Waals surface area contributed by atoms with Crippen molar-refractivity contribution in [3.05, 3.63) is 53.6 Å². The average molecular weight is 311 g/mol. The number of nitriles is 1. The molecule has 1 atom stereocenters. The first kappa shape index (κ1) is 18.7. The smallest absolute Gasteiger partial charge is 0.348 e. The van der Waals surface area contributed by atoms with E-state index < -0.39 is 5.97 Å². The van der Waals surface area contributed by atoms with Crippen molar-refractivity contribution in [2.75, 3.05) is 6.61 Å². The van der Waals surface area contributed by atoms with Crippen LogP contribution in [-0.2, 0) is 9.53 Å². The van der Waals surface area contributed by atoms with Crippen molar-refractivity contribution >= 4 is 12.0 Å². The van der Waals surface area contributed by atoms with Gasteiger partial charge in [0.1, 0.15) is 11.6 Å². The summed E-state index contributed by atoms with van der Waals surface area (Å²) in [5, 5.41) is 9.10. The standard InChI is InChI=1S/C20H25NO2/c1-3-5-10-17(4-2)16-23-20(22)19(15-21)14-9-13-18-11-7-6-8-12-18/h6-9,11-14,17H,3-5,10,16H2,1-2H3/b13-9+,19-14-. The second kappa shape index (κ2) is 11.3. The third-order valence-electron chi connectivity index (χ3n) is 3.68. The van der Waals surface area contributed by atoms with Crippen LogP contribution in [0, 0.1) is 17.2 Å². The van der Waals surface area contributed by atoms with Crippen molar-refractivity contribution in [3.63, 3.8) is 0 Å². The zero-order valence-corrected chi connectivity index (χ0v) is 14.0. The zero-order chi connectivity index (χ0) is 16.9. The Bertz CT molecular complexity index is 567. The number of ether oxygens (including phenoxy) is 1. The normalized spacial score (nSPS) is 12.8. The molecule has 0 fully saturated rings. The van der Waals surface area contributed by atoms with Gasteiger partial charge in [-0.2, -0.15) is 5.26 Å². The average Bonchev–Trinajstić information content (AvgIpc) is 2.59. The Hall–Kier alpha value is -2.34. The Morgan fingerprint density at radius 2 is 2.04 bits per heavy atom. The summed E-state index contributed by atoms with van der Waals surface area (Å²) >= 11 is 0. The fraction of sp³-hybridized carbons (Fsp3) is 0.400. The van der Waals surface area contributed by atoms with E-state index in [0.29, 0.717) is 12.5 Å². The molecule has 0 amide bonds. The number of benzene rings is 1. The van der Waals surface area contributed by atoms with E-state index in [-0.39, 0.29) is 5.57 Å². The van der Waals surface area contributed by atoms with Crippen molar-refractivity contribution in [1.82, 2.24) is 0 Å². The van der Waals surface area contributed by atoms with Crippen LogP contribution in [-0.4, -0.2) is 12.6 Å². The highest BCUT2D eigenvalue weighted by Gasteiger charge is 2.13. The molecule has 1 rings (SSSR count). The Morgan fingerprint density at radius 1 is 1.30 bits per heavy atom. The molecule has 0 aliphatic heterocycles. The minimum atomic E-state index is -0.542. The van der Waals surface area contributed by atoms with Crippen LogP contribution >= 0.6 is 0 Å². The van der Waals surface area contributed by atoms with Crippen LogP contribution in [0.1, 0.15) is 45.1 Å². The van der Waals surface area contributed by atoms with Gasteiger partial charge in [-0.3, -0.25) is 0 Å². The molecular formula is C20H25NO2. The molecule has 0 saturated carbocycles.